The van der Waals surface area contributed by atoms with Gasteiger partial charge in [0.05, 0.1) is 0 Å². The van der Waals surface area contributed by atoms with Gasteiger partial charge in [0.2, 0.25) is 0 Å². The van der Waals surface area contributed by atoms with E-state index in [2.05, 4.69) is 18.9 Å². The number of amidine groups is 1. The molecule has 0 spiro atoms. The maximum absolute atomic E-state index is 5.93. The van der Waals surface area contributed by atoms with Crippen molar-refractivity contribution in [1.29, 1.82) is 0 Å². The van der Waals surface area contributed by atoms with Crippen molar-refractivity contribution in [2.75, 3.05) is 6.54 Å². The van der Waals surface area contributed by atoms with Gasteiger partial charge in [0.25, 0.3) is 0 Å². The van der Waals surface area contributed by atoms with Gasteiger partial charge in [0.15, 0.2) is 12.0 Å². The van der Waals surface area contributed by atoms with Crippen molar-refractivity contribution in [3.8, 4) is 0 Å². The van der Waals surface area contributed by atoms with Crippen LogP contribution >= 0.6 is 0 Å². The fraction of sp³-hybridized carbons (Fsp3) is 0.944. The van der Waals surface area contributed by atoms with E-state index < -0.39 is 0 Å². The van der Waals surface area contributed by atoms with Crippen LogP contribution in [0.5, 0.6) is 0 Å². The van der Waals surface area contributed by atoms with Gasteiger partial charge in [0.1, 0.15) is 6.54 Å². The predicted molar refractivity (Wildman–Crippen MR) is 95.5 cm³/mol. The number of unbranched alkanes of at least 4 members (excludes halogenated alkanes) is 11. The molecule has 0 saturated carbocycles. The number of halogens is 1. The van der Waals surface area contributed by atoms with Gasteiger partial charge in [-0.3, -0.25) is 0 Å². The highest BCUT2D eigenvalue weighted by Gasteiger charge is 2.30. The van der Waals surface area contributed by atoms with E-state index in [9.17, 15) is 0 Å². The van der Waals surface area contributed by atoms with Gasteiger partial charge in [-0.15, -0.1) is 0 Å². The Morgan fingerprint density at radius 1 is 0.913 bits per heavy atom. The number of nitrogens with two attached hydrogens (primary N) is 1. The zero-order valence-electron chi connectivity index (χ0n) is 15.6. The van der Waals surface area contributed by atoms with Crippen LogP contribution in [0.25, 0.3) is 0 Å². The van der Waals surface area contributed by atoms with Crippen LogP contribution in [0.3, 0.4) is 0 Å². The molecule has 3 N–H and O–H groups in total. The van der Waals surface area contributed by atoms with Crippen molar-refractivity contribution in [3.63, 3.8) is 0 Å². The molecule has 0 bridgehead atoms. The second-order valence-corrected chi connectivity index (χ2v) is 6.87. The maximum Gasteiger partial charge on any atom is 0.199 e. The molecule has 1 aliphatic heterocycles. The summed E-state index contributed by atoms with van der Waals surface area (Å²) in [5.74, 6) is 6.89. The third-order valence-corrected chi connectivity index (χ3v) is 4.87. The molecule has 5 heteroatoms. The van der Waals surface area contributed by atoms with E-state index in [-0.39, 0.29) is 12.4 Å². The molecular weight excluding hydrogens is 308 g/mol. The van der Waals surface area contributed by atoms with E-state index in [0.29, 0.717) is 6.17 Å². The van der Waals surface area contributed by atoms with Gasteiger partial charge in [0, 0.05) is 13.8 Å². The van der Waals surface area contributed by atoms with Crippen molar-refractivity contribution in [2.45, 2.75) is 104 Å². The molecule has 0 aromatic rings. The number of hydrazine groups is 1. The highest BCUT2D eigenvalue weighted by atomic mass is 35.5. The number of hydrogen-bond acceptors (Lipinski definition) is 3. The number of hydrogen-bond donors (Lipinski definition) is 2. The quantitative estimate of drug-likeness (QED) is 0.375. The van der Waals surface area contributed by atoms with Gasteiger partial charge in [-0.05, 0) is 12.8 Å². The monoisotopic (exact) mass is 346 g/mol. The molecule has 0 aromatic carbocycles. The molecule has 0 amide bonds. The number of nitrogens with zero attached hydrogens (tertiary/aromatic N) is 2. The van der Waals surface area contributed by atoms with Crippen molar-refractivity contribution < 1.29 is 17.4 Å². The van der Waals surface area contributed by atoms with E-state index in [1.807, 2.05) is 6.92 Å². The Labute approximate surface area is 150 Å². The first-order valence-corrected chi connectivity index (χ1v) is 9.61. The summed E-state index contributed by atoms with van der Waals surface area (Å²) in [4.78, 5) is 0. The van der Waals surface area contributed by atoms with Gasteiger partial charge < -0.3 is 12.4 Å². The standard InChI is InChI=1S/C18H38N4.ClH/c1-4-5-6-7-8-9-10-11-12-13-14-15-16-21-18(3)22(19)17(2)20-21;/h18H,4-16,19H2,1-3H3;1H. The van der Waals surface area contributed by atoms with Crippen LogP contribution in [0.4, 0.5) is 0 Å². The molecule has 1 rings (SSSR count). The molecule has 1 aliphatic rings. The molecule has 2 atom stereocenters. The summed E-state index contributed by atoms with van der Waals surface area (Å²) in [6.07, 6.45) is 17.1. The number of rotatable bonds is 13. The number of nitrogens with one attached hydrogen (secondary N) is 1. The van der Waals surface area contributed by atoms with Crippen molar-refractivity contribution in [2.24, 2.45) is 10.9 Å². The van der Waals surface area contributed by atoms with Crippen molar-refractivity contribution in [3.05, 3.63) is 0 Å². The average Bonchev–Trinajstić information content (AvgIpc) is 2.75. The maximum atomic E-state index is 5.93. The van der Waals surface area contributed by atoms with Crippen LogP contribution < -0.4 is 23.3 Å². The minimum absolute atomic E-state index is 0. The Morgan fingerprint density at radius 3 is 1.74 bits per heavy atom. The highest BCUT2D eigenvalue weighted by molar-refractivity contribution is 5.79. The van der Waals surface area contributed by atoms with Crippen LogP contribution in [0, 0.1) is 0 Å². The molecule has 4 nitrogen and oxygen atoms in total. The lowest BCUT2D eigenvalue weighted by atomic mass is 10.1. The van der Waals surface area contributed by atoms with E-state index in [1.54, 1.807) is 5.01 Å². The fourth-order valence-electron chi connectivity index (χ4n) is 3.21. The zero-order chi connectivity index (χ0) is 16.2. The van der Waals surface area contributed by atoms with E-state index in [0.717, 1.165) is 12.4 Å². The van der Waals surface area contributed by atoms with E-state index >= 15 is 0 Å². The highest BCUT2D eigenvalue weighted by Crippen LogP contribution is 2.11. The third-order valence-electron chi connectivity index (χ3n) is 4.87. The largest absolute Gasteiger partial charge is 1.00 e. The van der Waals surface area contributed by atoms with E-state index in [4.69, 9.17) is 5.84 Å². The van der Waals surface area contributed by atoms with Gasteiger partial charge in [-0.1, -0.05) is 76.2 Å². The first-order chi connectivity index (χ1) is 10.7. The SMILES string of the molecule is CCCCCCCCCCCCCC[NH+]1N=C(C)N(N)C1C.[Cl-]. The lowest BCUT2D eigenvalue weighted by molar-refractivity contribution is -0.932. The first-order valence-electron chi connectivity index (χ1n) is 9.61. The van der Waals surface area contributed by atoms with Crippen molar-refractivity contribution >= 4 is 5.84 Å². The smallest absolute Gasteiger partial charge is 0.199 e. The Morgan fingerprint density at radius 2 is 1.35 bits per heavy atom. The summed E-state index contributed by atoms with van der Waals surface area (Å²) in [6.45, 7) is 7.54. The van der Waals surface area contributed by atoms with Crippen LogP contribution in [-0.4, -0.2) is 23.6 Å². The topological polar surface area (TPSA) is 46.1 Å². The normalized spacial score (nSPS) is 20.5. The average molecular weight is 347 g/mol. The molecule has 2 unspecified atom stereocenters. The second-order valence-electron chi connectivity index (χ2n) is 6.87. The summed E-state index contributed by atoms with van der Waals surface area (Å²) in [5, 5.41) is 7.63. The second kappa shape index (κ2) is 14.1. The summed E-state index contributed by atoms with van der Waals surface area (Å²) >= 11 is 0. The van der Waals surface area contributed by atoms with Crippen LogP contribution in [0.2, 0.25) is 0 Å². The molecule has 138 valence electrons. The van der Waals surface area contributed by atoms with Gasteiger partial charge in [-0.25, -0.2) is 10.9 Å². The molecule has 0 radical (unpaired) electrons. The number of quaternary nitrogens is 1. The Hall–Kier alpha value is -0.320. The Kier molecular flexibility index (Phi) is 13.9. The van der Waals surface area contributed by atoms with Gasteiger partial charge >= 0.3 is 0 Å². The van der Waals surface area contributed by atoms with Crippen LogP contribution in [0.1, 0.15) is 97.8 Å². The molecular formula is C18H39ClN4. The zero-order valence-corrected chi connectivity index (χ0v) is 16.4. The Balaban J connectivity index is 0.00000484. The predicted octanol–water partition coefficient (Wildman–Crippen LogP) is 0.445. The van der Waals surface area contributed by atoms with Crippen molar-refractivity contribution in [1.82, 2.24) is 5.01 Å². The lowest BCUT2D eigenvalue weighted by Gasteiger charge is -2.18. The van der Waals surface area contributed by atoms with Crippen LogP contribution in [-0.2, 0) is 0 Å². The summed E-state index contributed by atoms with van der Waals surface area (Å²) in [7, 11) is 0. The van der Waals surface area contributed by atoms with Crippen LogP contribution in [0.15, 0.2) is 5.10 Å². The van der Waals surface area contributed by atoms with E-state index in [1.165, 1.54) is 82.1 Å². The molecule has 0 fully saturated rings. The minimum Gasteiger partial charge on any atom is -1.00 e. The molecule has 0 aliphatic carbocycles. The summed E-state index contributed by atoms with van der Waals surface area (Å²) in [6, 6.07) is 0. The molecule has 23 heavy (non-hydrogen) atoms. The molecule has 0 aromatic heterocycles. The summed E-state index contributed by atoms with van der Waals surface area (Å²) in [5.41, 5.74) is 0. The summed E-state index contributed by atoms with van der Waals surface area (Å²) < 4.78 is 0. The first kappa shape index (κ1) is 22.7. The van der Waals surface area contributed by atoms with Gasteiger partial charge in [-0.2, -0.15) is 5.01 Å². The minimum atomic E-state index is 0. The Bertz CT molecular complexity index is 309. The third kappa shape index (κ3) is 9.53. The molecule has 1 heterocycles. The lowest BCUT2D eigenvalue weighted by Crippen LogP contribution is -3.11. The molecule has 0 saturated heterocycles. The fourth-order valence-corrected chi connectivity index (χ4v) is 3.21.